The number of nitrogens with zero attached hydrogens (tertiary/aromatic N) is 1. The quantitative estimate of drug-likeness (QED) is 0.562. The number of thiocarbonyl (C=S) groups is 1. The summed E-state index contributed by atoms with van der Waals surface area (Å²) in [5, 5.41) is 1.91. The zero-order chi connectivity index (χ0) is 18.5. The molecule has 134 valence electrons. The third-order valence-corrected chi connectivity index (χ3v) is 5.68. The number of aromatic nitrogens is 1. The van der Waals surface area contributed by atoms with Crippen molar-refractivity contribution in [3.63, 3.8) is 0 Å². The molecule has 0 aliphatic carbocycles. The minimum absolute atomic E-state index is 0.000742. The van der Waals surface area contributed by atoms with E-state index in [9.17, 15) is 4.39 Å². The van der Waals surface area contributed by atoms with E-state index < -0.39 is 5.67 Å². The third kappa shape index (κ3) is 2.91. The summed E-state index contributed by atoms with van der Waals surface area (Å²) in [4.78, 5) is 5.72. The first-order valence-corrected chi connectivity index (χ1v) is 9.54. The molecule has 1 atom stereocenters. The minimum atomic E-state index is -1.35. The summed E-state index contributed by atoms with van der Waals surface area (Å²) >= 11 is 11.5. The second kappa shape index (κ2) is 6.36. The van der Waals surface area contributed by atoms with Crippen molar-refractivity contribution in [2.45, 2.75) is 32.0 Å². The molecule has 1 aliphatic heterocycles. The summed E-state index contributed by atoms with van der Waals surface area (Å²) < 4.78 is 14.2. The van der Waals surface area contributed by atoms with Crippen LogP contribution in [0, 0.1) is 0 Å². The minimum Gasteiger partial charge on any atom is -0.356 e. The summed E-state index contributed by atoms with van der Waals surface area (Å²) in [6.07, 6.45) is 0.912. The molecule has 5 heteroatoms. The van der Waals surface area contributed by atoms with Crippen LogP contribution in [-0.2, 0) is 12.1 Å². The average Bonchev–Trinajstić information content (AvgIpc) is 2.98. The van der Waals surface area contributed by atoms with E-state index in [4.69, 9.17) is 23.8 Å². The molecule has 0 bridgehead atoms. The first-order valence-electron chi connectivity index (χ1n) is 8.69. The van der Waals surface area contributed by atoms with Crippen molar-refractivity contribution in [2.24, 2.45) is 0 Å². The van der Waals surface area contributed by atoms with Crippen LogP contribution in [0.25, 0.3) is 10.9 Å². The number of hydrogen-bond donors (Lipinski definition) is 1. The molecule has 2 nitrogen and oxygen atoms in total. The van der Waals surface area contributed by atoms with Gasteiger partial charge in [-0.1, -0.05) is 48.1 Å². The molecule has 0 amide bonds. The molecule has 4 rings (SSSR count). The van der Waals surface area contributed by atoms with Crippen LogP contribution in [-0.4, -0.2) is 21.9 Å². The van der Waals surface area contributed by atoms with Crippen molar-refractivity contribution in [1.29, 1.82) is 0 Å². The van der Waals surface area contributed by atoms with E-state index in [-0.39, 0.29) is 6.04 Å². The van der Waals surface area contributed by atoms with Gasteiger partial charge in [0.05, 0.1) is 11.5 Å². The van der Waals surface area contributed by atoms with Crippen LogP contribution in [0.2, 0.25) is 5.02 Å². The molecule has 2 aromatic carbocycles. The second-order valence-electron chi connectivity index (χ2n) is 7.30. The fourth-order valence-corrected chi connectivity index (χ4v) is 4.21. The topological polar surface area (TPSA) is 19.0 Å². The van der Waals surface area contributed by atoms with Crippen molar-refractivity contribution in [2.75, 3.05) is 6.54 Å². The summed E-state index contributed by atoms with van der Waals surface area (Å²) in [5.74, 6) is 0. The summed E-state index contributed by atoms with van der Waals surface area (Å²) in [6, 6.07) is 13.7. The lowest BCUT2D eigenvalue weighted by Gasteiger charge is -2.34. The molecule has 0 saturated carbocycles. The van der Waals surface area contributed by atoms with Crippen LogP contribution >= 0.6 is 23.8 Å². The van der Waals surface area contributed by atoms with Gasteiger partial charge in [-0.2, -0.15) is 0 Å². The van der Waals surface area contributed by atoms with Gasteiger partial charge in [0, 0.05) is 28.2 Å². The van der Waals surface area contributed by atoms with Gasteiger partial charge in [0.15, 0.2) is 0 Å². The Morgan fingerprint density at radius 2 is 1.96 bits per heavy atom. The Balaban J connectivity index is 1.84. The highest BCUT2D eigenvalue weighted by Gasteiger charge is 2.30. The van der Waals surface area contributed by atoms with Gasteiger partial charge in [0.1, 0.15) is 5.67 Å². The largest absolute Gasteiger partial charge is 0.356 e. The van der Waals surface area contributed by atoms with Crippen LogP contribution in [0.15, 0.2) is 42.5 Å². The standard InChI is InChI=1S/C21H20ClFN2S/c1-21(2,23)14-5-3-13(4-6-14)20-19-16(9-10-25(20)12-26)17-11-15(22)7-8-18(17)24-19/h3-8,11-12,20,24H,9-10H2,1-2H3. The molecule has 0 fully saturated rings. The van der Waals surface area contributed by atoms with Gasteiger partial charge in [-0.3, -0.25) is 0 Å². The molecule has 1 N–H and O–H groups in total. The Morgan fingerprint density at radius 1 is 1.23 bits per heavy atom. The SMILES string of the molecule is CC(C)(F)c1ccc(C2c3[nH]c4ccc(Cl)cc4c3CCN2C=S)cc1. The van der Waals surface area contributed by atoms with E-state index in [0.29, 0.717) is 5.56 Å². The lowest BCUT2D eigenvalue weighted by molar-refractivity contribution is 0.221. The van der Waals surface area contributed by atoms with Crippen molar-refractivity contribution in [1.82, 2.24) is 9.88 Å². The number of rotatable bonds is 3. The fourth-order valence-electron chi connectivity index (χ4n) is 3.81. The second-order valence-corrected chi connectivity index (χ2v) is 7.94. The van der Waals surface area contributed by atoms with E-state index in [0.717, 1.165) is 34.8 Å². The Hall–Kier alpha value is -1.91. The number of aromatic amines is 1. The van der Waals surface area contributed by atoms with E-state index >= 15 is 0 Å². The number of halogens is 2. The Labute approximate surface area is 163 Å². The number of nitrogens with one attached hydrogen (secondary N) is 1. The highest BCUT2D eigenvalue weighted by atomic mass is 35.5. The third-order valence-electron chi connectivity index (χ3n) is 5.17. The molecule has 0 saturated heterocycles. The first-order chi connectivity index (χ1) is 12.4. The number of hydrogen-bond acceptors (Lipinski definition) is 1. The molecule has 1 aromatic heterocycles. The number of fused-ring (bicyclic) bond motifs is 3. The Kier molecular flexibility index (Phi) is 4.28. The van der Waals surface area contributed by atoms with Crippen molar-refractivity contribution >= 4 is 40.2 Å². The van der Waals surface area contributed by atoms with Gasteiger partial charge in [-0.25, -0.2) is 4.39 Å². The Bertz CT molecular complexity index is 972. The van der Waals surface area contributed by atoms with Crippen LogP contribution in [0.5, 0.6) is 0 Å². The molecule has 1 aliphatic rings. The molecular weight excluding hydrogens is 367 g/mol. The normalized spacial score (nSPS) is 17.4. The molecule has 0 spiro atoms. The lowest BCUT2D eigenvalue weighted by Crippen LogP contribution is -2.34. The summed E-state index contributed by atoms with van der Waals surface area (Å²) in [6.45, 7) is 3.99. The molecule has 0 radical (unpaired) electrons. The van der Waals surface area contributed by atoms with Gasteiger partial charge in [0.2, 0.25) is 0 Å². The maximum Gasteiger partial charge on any atom is 0.130 e. The number of alkyl halides is 1. The molecule has 26 heavy (non-hydrogen) atoms. The van der Waals surface area contributed by atoms with E-state index in [2.05, 4.69) is 9.88 Å². The predicted molar refractivity (Wildman–Crippen MR) is 110 cm³/mol. The van der Waals surface area contributed by atoms with Crippen LogP contribution < -0.4 is 0 Å². The fraction of sp³-hybridized carbons (Fsp3) is 0.286. The van der Waals surface area contributed by atoms with Crippen LogP contribution in [0.1, 0.15) is 42.3 Å². The number of benzene rings is 2. The Morgan fingerprint density at radius 3 is 2.62 bits per heavy atom. The molecular formula is C21H20ClFN2S. The molecule has 3 aromatic rings. The van der Waals surface area contributed by atoms with Gasteiger partial charge in [-0.05, 0) is 55.2 Å². The average molecular weight is 387 g/mol. The van der Waals surface area contributed by atoms with Crippen LogP contribution in [0.3, 0.4) is 0 Å². The molecule has 2 heterocycles. The molecule has 1 unspecified atom stereocenters. The van der Waals surface area contributed by atoms with Crippen molar-refractivity contribution < 1.29 is 4.39 Å². The lowest BCUT2D eigenvalue weighted by atomic mass is 9.91. The predicted octanol–water partition coefficient (Wildman–Crippen LogP) is 5.93. The number of H-pyrrole nitrogens is 1. The zero-order valence-electron chi connectivity index (χ0n) is 14.7. The van der Waals surface area contributed by atoms with Crippen LogP contribution in [0.4, 0.5) is 4.39 Å². The maximum atomic E-state index is 14.2. The summed E-state index contributed by atoms with van der Waals surface area (Å²) in [7, 11) is 0. The first kappa shape index (κ1) is 17.5. The van der Waals surface area contributed by atoms with Crippen molar-refractivity contribution in [3.05, 3.63) is 69.9 Å². The smallest absolute Gasteiger partial charge is 0.130 e. The van der Waals surface area contributed by atoms with E-state index in [1.54, 1.807) is 19.3 Å². The van der Waals surface area contributed by atoms with Gasteiger partial charge in [0.25, 0.3) is 0 Å². The zero-order valence-corrected chi connectivity index (χ0v) is 16.3. The highest BCUT2D eigenvalue weighted by molar-refractivity contribution is 7.78. The van der Waals surface area contributed by atoms with Gasteiger partial charge < -0.3 is 9.88 Å². The summed E-state index contributed by atoms with van der Waals surface area (Å²) in [5.41, 5.74) is 5.65. The maximum absolute atomic E-state index is 14.2. The van der Waals surface area contributed by atoms with Crippen molar-refractivity contribution in [3.8, 4) is 0 Å². The van der Waals surface area contributed by atoms with Gasteiger partial charge >= 0.3 is 0 Å². The highest BCUT2D eigenvalue weighted by Crippen LogP contribution is 2.39. The van der Waals surface area contributed by atoms with Gasteiger partial charge in [-0.15, -0.1) is 0 Å². The van der Waals surface area contributed by atoms with E-state index in [1.165, 1.54) is 10.9 Å². The monoisotopic (exact) mass is 386 g/mol. The van der Waals surface area contributed by atoms with E-state index in [1.807, 2.05) is 42.5 Å².